The van der Waals surface area contributed by atoms with Gasteiger partial charge in [-0.3, -0.25) is 9.69 Å². The van der Waals surface area contributed by atoms with Crippen molar-refractivity contribution in [2.45, 2.75) is 38.4 Å². The molecule has 1 aromatic carbocycles. The number of hydrogen-bond donors (Lipinski definition) is 1. The Morgan fingerprint density at radius 2 is 2.00 bits per heavy atom. The molecule has 0 aliphatic carbocycles. The van der Waals surface area contributed by atoms with Crippen molar-refractivity contribution in [3.05, 3.63) is 71.4 Å². The molecule has 1 aromatic heterocycles. The number of hydrogen-bond acceptors (Lipinski definition) is 5. The Balaban J connectivity index is 1.49. The standard InChI is InChI=1S/C24H27N5O/c1-2-23(30)27-20-8-12-29(13-9-20)24-21-10-11-28(16-18-6-4-3-5-7-18)17-22(21)19(14-25)15-26-24/h2-7,15,20H,1,8-13,16-17H2,(H,27,30). The molecule has 2 aliphatic heterocycles. The molecule has 0 bridgehead atoms. The molecular weight excluding hydrogens is 374 g/mol. The van der Waals surface area contributed by atoms with Gasteiger partial charge in [0.15, 0.2) is 0 Å². The van der Waals surface area contributed by atoms with E-state index >= 15 is 0 Å². The molecule has 0 unspecified atom stereocenters. The van der Waals surface area contributed by atoms with Gasteiger partial charge in [-0.2, -0.15) is 5.26 Å². The lowest BCUT2D eigenvalue weighted by Gasteiger charge is -2.37. The van der Waals surface area contributed by atoms with Crippen LogP contribution in [0.2, 0.25) is 0 Å². The Kier molecular flexibility index (Phi) is 6.10. The van der Waals surface area contributed by atoms with Crippen LogP contribution in [0.3, 0.4) is 0 Å². The van der Waals surface area contributed by atoms with Crippen molar-refractivity contribution in [3.8, 4) is 6.07 Å². The van der Waals surface area contributed by atoms with E-state index in [0.29, 0.717) is 5.56 Å². The van der Waals surface area contributed by atoms with Crippen molar-refractivity contribution < 1.29 is 4.79 Å². The van der Waals surface area contributed by atoms with Crippen molar-refractivity contribution >= 4 is 11.7 Å². The number of pyridine rings is 1. The van der Waals surface area contributed by atoms with E-state index in [4.69, 9.17) is 0 Å². The van der Waals surface area contributed by atoms with Gasteiger partial charge in [0.25, 0.3) is 0 Å². The van der Waals surface area contributed by atoms with Crippen molar-refractivity contribution in [2.75, 3.05) is 24.5 Å². The van der Waals surface area contributed by atoms with Crippen molar-refractivity contribution in [2.24, 2.45) is 0 Å². The van der Waals surface area contributed by atoms with Gasteiger partial charge < -0.3 is 10.2 Å². The van der Waals surface area contributed by atoms with Crippen LogP contribution >= 0.6 is 0 Å². The number of anilines is 1. The van der Waals surface area contributed by atoms with E-state index in [1.54, 1.807) is 6.20 Å². The van der Waals surface area contributed by atoms with E-state index in [9.17, 15) is 10.1 Å². The van der Waals surface area contributed by atoms with Gasteiger partial charge in [0, 0.05) is 50.5 Å². The molecule has 0 radical (unpaired) electrons. The van der Waals surface area contributed by atoms with E-state index in [0.717, 1.165) is 63.4 Å². The predicted molar refractivity (Wildman–Crippen MR) is 117 cm³/mol. The van der Waals surface area contributed by atoms with Gasteiger partial charge in [0.1, 0.15) is 11.9 Å². The number of carbonyl (C=O) groups is 1. The highest BCUT2D eigenvalue weighted by molar-refractivity contribution is 5.87. The van der Waals surface area contributed by atoms with Crippen LogP contribution < -0.4 is 10.2 Å². The molecule has 1 saturated heterocycles. The summed E-state index contributed by atoms with van der Waals surface area (Å²) in [6, 6.07) is 13.0. The van der Waals surface area contributed by atoms with Gasteiger partial charge in [-0.25, -0.2) is 4.98 Å². The monoisotopic (exact) mass is 401 g/mol. The molecule has 0 saturated carbocycles. The third-order valence-electron chi connectivity index (χ3n) is 6.03. The molecule has 6 heteroatoms. The number of nitrogens with zero attached hydrogens (tertiary/aromatic N) is 4. The molecule has 30 heavy (non-hydrogen) atoms. The second kappa shape index (κ2) is 9.10. The lowest BCUT2D eigenvalue weighted by atomic mass is 9.95. The quantitative estimate of drug-likeness (QED) is 0.780. The molecule has 0 atom stereocenters. The van der Waals surface area contributed by atoms with E-state index in [1.807, 2.05) is 6.07 Å². The third-order valence-corrected chi connectivity index (χ3v) is 6.03. The number of piperidine rings is 1. The highest BCUT2D eigenvalue weighted by Gasteiger charge is 2.27. The van der Waals surface area contributed by atoms with Crippen molar-refractivity contribution in [3.63, 3.8) is 0 Å². The van der Waals surface area contributed by atoms with E-state index < -0.39 is 0 Å². The Labute approximate surface area is 177 Å². The fourth-order valence-corrected chi connectivity index (χ4v) is 4.44. The lowest BCUT2D eigenvalue weighted by molar-refractivity contribution is -0.117. The highest BCUT2D eigenvalue weighted by atomic mass is 16.1. The van der Waals surface area contributed by atoms with Gasteiger partial charge in [0.05, 0.1) is 5.56 Å². The first-order valence-electron chi connectivity index (χ1n) is 10.5. The van der Waals surface area contributed by atoms with Gasteiger partial charge in [-0.15, -0.1) is 0 Å². The van der Waals surface area contributed by atoms with Crippen LogP contribution in [0.5, 0.6) is 0 Å². The summed E-state index contributed by atoms with van der Waals surface area (Å²) in [6.45, 7) is 7.83. The summed E-state index contributed by atoms with van der Waals surface area (Å²) in [5.74, 6) is 0.901. The van der Waals surface area contributed by atoms with Crippen LogP contribution in [0.15, 0.2) is 49.2 Å². The molecule has 1 amide bonds. The number of amides is 1. The first kappa shape index (κ1) is 20.1. The molecule has 0 spiro atoms. The molecule has 3 heterocycles. The fraction of sp³-hybridized carbons (Fsp3) is 0.375. The number of rotatable bonds is 5. The highest BCUT2D eigenvalue weighted by Crippen LogP contribution is 2.31. The first-order chi connectivity index (χ1) is 14.7. The summed E-state index contributed by atoms with van der Waals surface area (Å²) >= 11 is 0. The van der Waals surface area contributed by atoms with Crippen LogP contribution in [0.25, 0.3) is 0 Å². The number of fused-ring (bicyclic) bond motifs is 1. The zero-order valence-corrected chi connectivity index (χ0v) is 17.2. The van der Waals surface area contributed by atoms with Crippen LogP contribution in [-0.2, 0) is 24.3 Å². The topological polar surface area (TPSA) is 72.3 Å². The van der Waals surface area contributed by atoms with Gasteiger partial charge >= 0.3 is 0 Å². The minimum Gasteiger partial charge on any atom is -0.356 e. The second-order valence-corrected chi connectivity index (χ2v) is 7.98. The van der Waals surface area contributed by atoms with E-state index in [-0.39, 0.29) is 11.9 Å². The summed E-state index contributed by atoms with van der Waals surface area (Å²) < 4.78 is 0. The number of benzene rings is 1. The Bertz CT molecular complexity index is 958. The second-order valence-electron chi connectivity index (χ2n) is 7.98. The maximum Gasteiger partial charge on any atom is 0.243 e. The first-order valence-corrected chi connectivity index (χ1v) is 10.5. The zero-order valence-electron chi connectivity index (χ0n) is 17.2. The van der Waals surface area contributed by atoms with E-state index in [2.05, 4.69) is 57.0 Å². The molecule has 4 rings (SSSR count). The zero-order chi connectivity index (χ0) is 20.9. The van der Waals surface area contributed by atoms with Crippen LogP contribution in [0.4, 0.5) is 5.82 Å². The minimum atomic E-state index is -0.110. The molecule has 1 fully saturated rings. The fourth-order valence-electron chi connectivity index (χ4n) is 4.44. The Hall–Kier alpha value is -3.17. The SMILES string of the molecule is C=CC(=O)NC1CCN(c2ncc(C#N)c3c2CCN(Cc2ccccc2)C3)CC1. The third kappa shape index (κ3) is 4.37. The van der Waals surface area contributed by atoms with Crippen LogP contribution in [-0.4, -0.2) is 41.5 Å². The largest absolute Gasteiger partial charge is 0.356 e. The molecular formula is C24H27N5O. The number of nitriles is 1. The Morgan fingerprint density at radius 1 is 1.23 bits per heavy atom. The minimum absolute atomic E-state index is 0.110. The average molecular weight is 402 g/mol. The normalized spacial score (nSPS) is 17.1. The van der Waals surface area contributed by atoms with Crippen molar-refractivity contribution in [1.29, 1.82) is 5.26 Å². The number of nitrogens with one attached hydrogen (secondary N) is 1. The summed E-state index contributed by atoms with van der Waals surface area (Å²) in [5.41, 5.74) is 4.30. The Morgan fingerprint density at radius 3 is 2.70 bits per heavy atom. The average Bonchev–Trinajstić information content (AvgIpc) is 2.79. The number of aromatic nitrogens is 1. The molecule has 1 N–H and O–H groups in total. The maximum atomic E-state index is 11.6. The van der Waals surface area contributed by atoms with Gasteiger partial charge in [-0.1, -0.05) is 36.9 Å². The lowest BCUT2D eigenvalue weighted by Crippen LogP contribution is -2.45. The summed E-state index contributed by atoms with van der Waals surface area (Å²) in [4.78, 5) is 21.0. The molecule has 6 nitrogen and oxygen atoms in total. The predicted octanol–water partition coefficient (Wildman–Crippen LogP) is 2.78. The van der Waals surface area contributed by atoms with Gasteiger partial charge in [0.2, 0.25) is 5.91 Å². The van der Waals surface area contributed by atoms with Crippen molar-refractivity contribution in [1.82, 2.24) is 15.2 Å². The summed E-state index contributed by atoms with van der Waals surface area (Å²) in [6.07, 6.45) is 5.72. The molecule has 2 aromatic rings. The smallest absolute Gasteiger partial charge is 0.243 e. The maximum absolute atomic E-state index is 11.6. The molecule has 2 aliphatic rings. The summed E-state index contributed by atoms with van der Waals surface area (Å²) in [5, 5.41) is 12.6. The molecule has 154 valence electrons. The van der Waals surface area contributed by atoms with Gasteiger partial charge in [-0.05, 0) is 36.5 Å². The van der Waals surface area contributed by atoms with Crippen LogP contribution in [0.1, 0.15) is 35.1 Å². The van der Waals surface area contributed by atoms with E-state index in [1.165, 1.54) is 17.2 Å². The van der Waals surface area contributed by atoms with Crippen LogP contribution in [0, 0.1) is 11.3 Å². The summed E-state index contributed by atoms with van der Waals surface area (Å²) in [7, 11) is 0. The number of carbonyl (C=O) groups excluding carboxylic acids is 1.